The predicted octanol–water partition coefficient (Wildman–Crippen LogP) is 4.68. The van der Waals surface area contributed by atoms with Crippen LogP contribution in [0.1, 0.15) is 35.6 Å². The summed E-state index contributed by atoms with van der Waals surface area (Å²) >= 11 is 0. The fourth-order valence-electron chi connectivity index (χ4n) is 4.39. The Labute approximate surface area is 150 Å². The molecule has 0 radical (unpaired) electrons. The molecule has 0 amide bonds. The molecule has 1 spiro atoms. The number of fused-ring (bicyclic) bond motifs is 2. The molecular formula is C21H26NO2P. The second kappa shape index (κ2) is 6.39. The van der Waals surface area contributed by atoms with Crippen LogP contribution in [0.2, 0.25) is 0 Å². The molecule has 2 aliphatic rings. The number of hydrogen-bond donors (Lipinski definition) is 0. The van der Waals surface area contributed by atoms with Crippen molar-refractivity contribution < 1.29 is 9.30 Å². The second-order valence-corrected chi connectivity index (χ2v) is 11.3. The summed E-state index contributed by atoms with van der Waals surface area (Å²) in [4.78, 5) is 2.34. The summed E-state index contributed by atoms with van der Waals surface area (Å²) in [6, 6.07) is 19.1. The van der Waals surface area contributed by atoms with E-state index in [1.165, 1.54) is 16.7 Å². The van der Waals surface area contributed by atoms with Gasteiger partial charge < -0.3 is 9.30 Å². The Balaban J connectivity index is 1.70. The molecule has 0 N–H and O–H groups in total. The van der Waals surface area contributed by atoms with Gasteiger partial charge in [-0.05, 0) is 49.4 Å². The third kappa shape index (κ3) is 3.33. The molecule has 1 saturated heterocycles. The Hall–Kier alpha value is -1.41. The second-order valence-electron chi connectivity index (χ2n) is 7.86. The lowest BCUT2D eigenvalue weighted by Crippen LogP contribution is -2.46. The van der Waals surface area contributed by atoms with Crippen molar-refractivity contribution in [2.45, 2.75) is 24.5 Å². The zero-order valence-corrected chi connectivity index (χ0v) is 15.9. The monoisotopic (exact) mass is 355 g/mol. The lowest BCUT2D eigenvalue weighted by molar-refractivity contribution is -0.0997. The first-order chi connectivity index (χ1) is 12.0. The number of piperidine rings is 1. The molecule has 1 fully saturated rings. The van der Waals surface area contributed by atoms with Gasteiger partial charge in [0.15, 0.2) is 0 Å². The van der Waals surface area contributed by atoms with Crippen LogP contribution in [0.3, 0.4) is 0 Å². The predicted molar refractivity (Wildman–Crippen MR) is 103 cm³/mol. The van der Waals surface area contributed by atoms with E-state index in [1.54, 1.807) is 0 Å². The van der Waals surface area contributed by atoms with Crippen LogP contribution in [-0.4, -0.2) is 37.6 Å². The van der Waals surface area contributed by atoms with Crippen LogP contribution in [0.15, 0.2) is 54.6 Å². The lowest BCUT2D eigenvalue weighted by Gasteiger charge is -2.41. The molecule has 4 heteroatoms. The summed E-state index contributed by atoms with van der Waals surface area (Å²) in [6.07, 6.45) is 2.78. The quantitative estimate of drug-likeness (QED) is 0.749. The van der Waals surface area contributed by atoms with Gasteiger partial charge in [0.2, 0.25) is 0 Å². The van der Waals surface area contributed by atoms with Crippen molar-refractivity contribution in [1.29, 1.82) is 0 Å². The summed E-state index contributed by atoms with van der Waals surface area (Å²) in [7, 11) is -2.08. The molecule has 3 nitrogen and oxygen atoms in total. The molecule has 2 aromatic rings. The normalized spacial score (nSPS) is 26.7. The van der Waals surface area contributed by atoms with E-state index in [0.29, 0.717) is 6.29 Å². The fourth-order valence-corrected chi connectivity index (χ4v) is 5.60. The van der Waals surface area contributed by atoms with Gasteiger partial charge in [0.05, 0.1) is 13.4 Å². The maximum absolute atomic E-state index is 12.3. The molecule has 2 atom stereocenters. The molecular weight excluding hydrogens is 329 g/mol. The molecule has 0 bridgehead atoms. The minimum atomic E-state index is -2.08. The maximum Gasteiger partial charge on any atom is 0.109 e. The first-order valence-electron chi connectivity index (χ1n) is 9.05. The van der Waals surface area contributed by atoms with Gasteiger partial charge in [-0.2, -0.15) is 0 Å². The summed E-state index contributed by atoms with van der Waals surface area (Å²) in [5, 5.41) is 0. The van der Waals surface area contributed by atoms with Gasteiger partial charge in [0.1, 0.15) is 11.7 Å². The Morgan fingerprint density at radius 3 is 2.60 bits per heavy atom. The van der Waals surface area contributed by atoms with Crippen LogP contribution < -0.4 is 0 Å². The molecule has 2 aromatic carbocycles. The van der Waals surface area contributed by atoms with Gasteiger partial charge in [0, 0.05) is 6.54 Å². The van der Waals surface area contributed by atoms with Gasteiger partial charge in [-0.25, -0.2) is 0 Å². The van der Waals surface area contributed by atoms with E-state index in [2.05, 4.69) is 53.4 Å². The minimum absolute atomic E-state index is 0.00703. The summed E-state index contributed by atoms with van der Waals surface area (Å²) in [5.74, 6) is 0. The van der Waals surface area contributed by atoms with Crippen molar-refractivity contribution in [2.24, 2.45) is 0 Å². The van der Waals surface area contributed by atoms with Gasteiger partial charge in [-0.1, -0.05) is 54.6 Å². The van der Waals surface area contributed by atoms with E-state index in [0.717, 1.165) is 25.9 Å². The molecule has 132 valence electrons. The molecule has 0 saturated carbocycles. The van der Waals surface area contributed by atoms with Crippen molar-refractivity contribution in [3.05, 3.63) is 71.3 Å². The molecule has 4 rings (SSSR count). The Morgan fingerprint density at radius 1 is 1.12 bits per heavy atom. The number of benzene rings is 2. The highest BCUT2D eigenvalue weighted by Gasteiger charge is 2.47. The zero-order valence-electron chi connectivity index (χ0n) is 15.0. The maximum atomic E-state index is 12.3. The molecule has 25 heavy (non-hydrogen) atoms. The standard InChI is InChI=1S/C21H26NO2P/c1-25(2,23)16-22-14-8-13-21(15-22)19-12-7-6-11-18(19)20(24-21)17-9-4-3-5-10-17/h3-7,9-12,20H,8,13-16H2,1-2H3. The van der Waals surface area contributed by atoms with E-state index in [9.17, 15) is 4.57 Å². The van der Waals surface area contributed by atoms with Crippen LogP contribution in [-0.2, 0) is 14.9 Å². The average molecular weight is 355 g/mol. The highest BCUT2D eigenvalue weighted by Crippen LogP contribution is 2.51. The van der Waals surface area contributed by atoms with Crippen molar-refractivity contribution in [3.63, 3.8) is 0 Å². The van der Waals surface area contributed by atoms with Crippen molar-refractivity contribution in [1.82, 2.24) is 4.90 Å². The van der Waals surface area contributed by atoms with E-state index >= 15 is 0 Å². The van der Waals surface area contributed by atoms with Crippen LogP contribution >= 0.6 is 7.14 Å². The van der Waals surface area contributed by atoms with E-state index in [1.807, 2.05) is 19.4 Å². The fraction of sp³-hybridized carbons (Fsp3) is 0.429. The van der Waals surface area contributed by atoms with Crippen molar-refractivity contribution >= 4 is 7.14 Å². The van der Waals surface area contributed by atoms with Gasteiger partial charge in [-0.15, -0.1) is 0 Å². The smallest absolute Gasteiger partial charge is 0.109 e. The Morgan fingerprint density at radius 2 is 1.84 bits per heavy atom. The summed E-state index contributed by atoms with van der Waals surface area (Å²) < 4.78 is 19.1. The van der Waals surface area contributed by atoms with Crippen molar-refractivity contribution in [2.75, 3.05) is 32.7 Å². The number of likely N-dealkylation sites (tertiary alicyclic amines) is 1. The topological polar surface area (TPSA) is 29.5 Å². The van der Waals surface area contributed by atoms with E-state index in [-0.39, 0.29) is 11.7 Å². The summed E-state index contributed by atoms with van der Waals surface area (Å²) in [5.41, 5.74) is 3.53. The third-order valence-corrected chi connectivity index (χ3v) is 6.34. The number of rotatable bonds is 3. The lowest BCUT2D eigenvalue weighted by atomic mass is 9.84. The largest absolute Gasteiger partial charge is 0.356 e. The van der Waals surface area contributed by atoms with Crippen LogP contribution in [0.5, 0.6) is 0 Å². The highest BCUT2D eigenvalue weighted by atomic mass is 31.2. The van der Waals surface area contributed by atoms with Gasteiger partial charge in [-0.3, -0.25) is 4.90 Å². The Bertz CT molecular complexity index is 801. The highest BCUT2D eigenvalue weighted by molar-refractivity contribution is 7.62. The van der Waals surface area contributed by atoms with Crippen LogP contribution in [0.25, 0.3) is 0 Å². The third-order valence-electron chi connectivity index (χ3n) is 5.25. The molecule has 2 heterocycles. The minimum Gasteiger partial charge on any atom is -0.356 e. The number of ether oxygens (including phenoxy) is 1. The molecule has 2 unspecified atom stereocenters. The SMILES string of the molecule is CP(C)(=O)CN1CCCC2(C1)OC(c1ccccc1)c1ccccc12. The van der Waals surface area contributed by atoms with Crippen molar-refractivity contribution in [3.8, 4) is 0 Å². The van der Waals surface area contributed by atoms with Crippen LogP contribution in [0.4, 0.5) is 0 Å². The van der Waals surface area contributed by atoms with E-state index in [4.69, 9.17) is 4.74 Å². The Kier molecular flexibility index (Phi) is 4.35. The first kappa shape index (κ1) is 17.0. The van der Waals surface area contributed by atoms with E-state index < -0.39 is 7.14 Å². The number of hydrogen-bond acceptors (Lipinski definition) is 3. The summed E-state index contributed by atoms with van der Waals surface area (Å²) in [6.45, 7) is 5.60. The van der Waals surface area contributed by atoms with Gasteiger partial charge >= 0.3 is 0 Å². The van der Waals surface area contributed by atoms with Gasteiger partial charge in [0.25, 0.3) is 0 Å². The zero-order chi connectivity index (χ0) is 17.5. The molecule has 0 aromatic heterocycles. The average Bonchev–Trinajstić information content (AvgIpc) is 2.89. The van der Waals surface area contributed by atoms with Crippen LogP contribution in [0, 0.1) is 0 Å². The first-order valence-corrected chi connectivity index (χ1v) is 11.8. The molecule has 2 aliphatic heterocycles. The molecule has 0 aliphatic carbocycles. The number of nitrogens with zero attached hydrogens (tertiary/aromatic N) is 1.